The highest BCUT2D eigenvalue weighted by molar-refractivity contribution is 5.78. The van der Waals surface area contributed by atoms with Crippen molar-refractivity contribution in [1.29, 1.82) is 0 Å². The van der Waals surface area contributed by atoms with Gasteiger partial charge >= 0.3 is 0 Å². The van der Waals surface area contributed by atoms with E-state index in [9.17, 15) is 9.18 Å². The Morgan fingerprint density at radius 2 is 1.88 bits per heavy atom. The molecule has 0 saturated carbocycles. The average Bonchev–Trinajstić information content (AvgIpc) is 3.00. The van der Waals surface area contributed by atoms with Gasteiger partial charge in [0, 0.05) is 26.2 Å². The Balaban J connectivity index is 1.49. The highest BCUT2D eigenvalue weighted by atomic mass is 19.1. The third kappa shape index (κ3) is 4.39. The molecule has 1 aliphatic rings. The Labute approximate surface area is 147 Å². The van der Waals surface area contributed by atoms with Crippen LogP contribution >= 0.6 is 0 Å². The molecule has 0 spiro atoms. The molecule has 1 aliphatic heterocycles. The molecule has 0 N–H and O–H groups in total. The van der Waals surface area contributed by atoms with Gasteiger partial charge in [0.1, 0.15) is 17.3 Å². The van der Waals surface area contributed by atoms with Gasteiger partial charge in [0.05, 0.1) is 18.8 Å². The molecular formula is C19H24FN3O2. The maximum Gasteiger partial charge on any atom is 0.236 e. The molecule has 1 aromatic carbocycles. The predicted octanol–water partition coefficient (Wildman–Crippen LogP) is 2.51. The van der Waals surface area contributed by atoms with Crippen molar-refractivity contribution in [1.82, 2.24) is 9.80 Å². The maximum absolute atomic E-state index is 13.9. The van der Waals surface area contributed by atoms with Gasteiger partial charge in [-0.1, -0.05) is 12.1 Å². The number of aryl methyl sites for hydroxylation is 1. The van der Waals surface area contributed by atoms with Crippen LogP contribution in [0.4, 0.5) is 10.1 Å². The number of para-hydroxylation sites is 1. The summed E-state index contributed by atoms with van der Waals surface area (Å²) < 4.78 is 19.4. The van der Waals surface area contributed by atoms with E-state index in [-0.39, 0.29) is 11.7 Å². The summed E-state index contributed by atoms with van der Waals surface area (Å²) in [6, 6.07) is 10.6. The minimum Gasteiger partial charge on any atom is -0.465 e. The molecule has 6 heteroatoms. The topological polar surface area (TPSA) is 39.9 Å². The number of rotatable bonds is 5. The molecule has 0 bridgehead atoms. The lowest BCUT2D eigenvalue weighted by molar-refractivity contribution is -0.132. The summed E-state index contributed by atoms with van der Waals surface area (Å²) >= 11 is 0. The van der Waals surface area contributed by atoms with Crippen molar-refractivity contribution in [3.8, 4) is 0 Å². The standard InChI is InChI=1S/C19H24FN3O2/c1-15-7-8-16(25-15)13-21(2)14-19(24)23-11-9-22(10-12-23)18-6-4-3-5-17(18)20/h3-8H,9-14H2,1-2H3. The highest BCUT2D eigenvalue weighted by Gasteiger charge is 2.23. The molecule has 0 radical (unpaired) electrons. The van der Waals surface area contributed by atoms with Gasteiger partial charge in [0.15, 0.2) is 0 Å². The Morgan fingerprint density at radius 3 is 2.52 bits per heavy atom. The monoisotopic (exact) mass is 345 g/mol. The molecule has 0 aliphatic carbocycles. The first kappa shape index (κ1) is 17.5. The van der Waals surface area contributed by atoms with E-state index in [4.69, 9.17) is 4.42 Å². The van der Waals surface area contributed by atoms with Crippen LogP contribution in [0.2, 0.25) is 0 Å². The van der Waals surface area contributed by atoms with Gasteiger partial charge in [0.25, 0.3) is 0 Å². The summed E-state index contributed by atoms with van der Waals surface area (Å²) in [7, 11) is 1.91. The predicted molar refractivity (Wildman–Crippen MR) is 95.0 cm³/mol. The van der Waals surface area contributed by atoms with Crippen molar-refractivity contribution in [2.45, 2.75) is 13.5 Å². The lowest BCUT2D eigenvalue weighted by atomic mass is 10.2. The lowest BCUT2D eigenvalue weighted by Crippen LogP contribution is -2.51. The van der Waals surface area contributed by atoms with Gasteiger partial charge in [-0.2, -0.15) is 0 Å². The molecule has 0 unspecified atom stereocenters. The van der Waals surface area contributed by atoms with E-state index in [1.165, 1.54) is 6.07 Å². The van der Waals surface area contributed by atoms with Crippen molar-refractivity contribution < 1.29 is 13.6 Å². The number of anilines is 1. The SMILES string of the molecule is Cc1ccc(CN(C)CC(=O)N2CCN(c3ccccc3F)CC2)o1. The van der Waals surface area contributed by atoms with Crippen LogP contribution in [0.5, 0.6) is 0 Å². The summed E-state index contributed by atoms with van der Waals surface area (Å²) in [5, 5.41) is 0. The molecular weight excluding hydrogens is 321 g/mol. The van der Waals surface area contributed by atoms with Gasteiger partial charge in [-0.15, -0.1) is 0 Å². The second kappa shape index (κ2) is 7.70. The van der Waals surface area contributed by atoms with E-state index in [2.05, 4.69) is 0 Å². The van der Waals surface area contributed by atoms with Crippen LogP contribution in [0.3, 0.4) is 0 Å². The zero-order valence-electron chi connectivity index (χ0n) is 14.7. The Morgan fingerprint density at radius 1 is 1.16 bits per heavy atom. The number of halogens is 1. The summed E-state index contributed by atoms with van der Waals surface area (Å²) in [6.07, 6.45) is 0. The highest BCUT2D eigenvalue weighted by Crippen LogP contribution is 2.20. The van der Waals surface area contributed by atoms with Crippen LogP contribution in [-0.2, 0) is 11.3 Å². The van der Waals surface area contributed by atoms with E-state index in [1.54, 1.807) is 12.1 Å². The van der Waals surface area contributed by atoms with Crippen LogP contribution in [0.1, 0.15) is 11.5 Å². The summed E-state index contributed by atoms with van der Waals surface area (Å²) in [5.41, 5.74) is 0.611. The van der Waals surface area contributed by atoms with Crippen molar-refractivity contribution in [2.24, 2.45) is 0 Å². The molecule has 0 atom stereocenters. The number of benzene rings is 1. The van der Waals surface area contributed by atoms with Crippen molar-refractivity contribution in [2.75, 3.05) is 44.7 Å². The number of likely N-dealkylation sites (N-methyl/N-ethyl adjacent to an activating group) is 1. The molecule has 1 amide bonds. The van der Waals surface area contributed by atoms with Gasteiger partial charge in [-0.3, -0.25) is 9.69 Å². The van der Waals surface area contributed by atoms with E-state index < -0.39 is 0 Å². The van der Waals surface area contributed by atoms with Crippen molar-refractivity contribution in [3.63, 3.8) is 0 Å². The second-order valence-electron chi connectivity index (χ2n) is 6.50. The Kier molecular flexibility index (Phi) is 5.38. The maximum atomic E-state index is 13.9. The molecule has 134 valence electrons. The number of piperazine rings is 1. The molecule has 1 fully saturated rings. The fourth-order valence-corrected chi connectivity index (χ4v) is 3.13. The third-order valence-corrected chi connectivity index (χ3v) is 4.45. The fourth-order valence-electron chi connectivity index (χ4n) is 3.13. The van der Waals surface area contributed by atoms with E-state index in [1.807, 2.05) is 46.9 Å². The largest absolute Gasteiger partial charge is 0.465 e. The molecule has 25 heavy (non-hydrogen) atoms. The number of carbonyl (C=O) groups excluding carboxylic acids is 1. The van der Waals surface area contributed by atoms with Gasteiger partial charge < -0.3 is 14.2 Å². The van der Waals surface area contributed by atoms with Crippen molar-refractivity contribution in [3.05, 3.63) is 53.7 Å². The molecule has 2 heterocycles. The van der Waals surface area contributed by atoms with Crippen molar-refractivity contribution >= 4 is 11.6 Å². The number of carbonyl (C=O) groups is 1. The summed E-state index contributed by atoms with van der Waals surface area (Å²) in [4.78, 5) is 18.3. The fraction of sp³-hybridized carbons (Fsp3) is 0.421. The van der Waals surface area contributed by atoms with E-state index in [0.29, 0.717) is 45.0 Å². The number of nitrogens with zero attached hydrogens (tertiary/aromatic N) is 3. The van der Waals surface area contributed by atoms with Crippen LogP contribution < -0.4 is 4.90 Å². The zero-order chi connectivity index (χ0) is 17.8. The number of hydrogen-bond donors (Lipinski definition) is 0. The van der Waals surface area contributed by atoms with Crippen LogP contribution in [0.15, 0.2) is 40.8 Å². The average molecular weight is 345 g/mol. The number of hydrogen-bond acceptors (Lipinski definition) is 4. The molecule has 5 nitrogen and oxygen atoms in total. The lowest BCUT2D eigenvalue weighted by Gasteiger charge is -2.36. The Hall–Kier alpha value is -2.34. The summed E-state index contributed by atoms with van der Waals surface area (Å²) in [5.74, 6) is 1.62. The molecule has 1 saturated heterocycles. The Bertz CT molecular complexity index is 723. The number of amides is 1. The van der Waals surface area contributed by atoms with Crippen LogP contribution in [0.25, 0.3) is 0 Å². The first-order valence-electron chi connectivity index (χ1n) is 8.54. The van der Waals surface area contributed by atoms with E-state index >= 15 is 0 Å². The molecule has 2 aromatic rings. The minimum absolute atomic E-state index is 0.0963. The smallest absolute Gasteiger partial charge is 0.236 e. The third-order valence-electron chi connectivity index (χ3n) is 4.45. The normalized spacial score (nSPS) is 15.0. The quantitative estimate of drug-likeness (QED) is 0.835. The first-order chi connectivity index (χ1) is 12.0. The van der Waals surface area contributed by atoms with Gasteiger partial charge in [-0.05, 0) is 38.2 Å². The zero-order valence-corrected chi connectivity index (χ0v) is 14.7. The molecule has 3 rings (SSSR count). The summed E-state index contributed by atoms with van der Waals surface area (Å²) in [6.45, 7) is 5.38. The van der Waals surface area contributed by atoms with Gasteiger partial charge in [0.2, 0.25) is 5.91 Å². The minimum atomic E-state index is -0.212. The van der Waals surface area contributed by atoms with Crippen LogP contribution in [-0.4, -0.2) is 55.5 Å². The van der Waals surface area contributed by atoms with E-state index in [0.717, 1.165) is 11.5 Å². The second-order valence-corrected chi connectivity index (χ2v) is 6.50. The van der Waals surface area contributed by atoms with Crippen LogP contribution in [0, 0.1) is 12.7 Å². The van der Waals surface area contributed by atoms with Gasteiger partial charge in [-0.25, -0.2) is 4.39 Å². The molecule has 1 aromatic heterocycles. The first-order valence-corrected chi connectivity index (χ1v) is 8.54. The number of furan rings is 1.